The molecule has 0 fully saturated rings. The molecule has 0 unspecified atom stereocenters. The lowest BCUT2D eigenvalue weighted by molar-refractivity contribution is -0.139. The maximum atomic E-state index is 12.8. The number of thiol groups is 1. The number of amides is 9. The van der Waals surface area contributed by atoms with E-state index in [0.717, 1.165) is 9.80 Å². The molecular formula is C44H71N7O18S. The Labute approximate surface area is 413 Å². The van der Waals surface area contributed by atoms with Crippen molar-refractivity contribution < 1.29 is 85.2 Å². The van der Waals surface area contributed by atoms with Crippen LogP contribution in [0.1, 0.15) is 44.9 Å². The van der Waals surface area contributed by atoms with Crippen molar-refractivity contribution >= 4 is 66.1 Å². The highest BCUT2D eigenvalue weighted by Crippen LogP contribution is 2.06. The van der Waals surface area contributed by atoms with E-state index >= 15 is 0 Å². The first kappa shape index (κ1) is 61.2. The molecule has 25 nitrogen and oxygen atoms in total. The van der Waals surface area contributed by atoms with Crippen LogP contribution in [0, 0.1) is 0 Å². The fraction of sp³-hybridized carbons (Fsp3) is 0.705. The maximum Gasteiger partial charge on any atom is 0.253 e. The number of nitrogens with one attached hydrogen (secondary N) is 5. The van der Waals surface area contributed by atoms with E-state index < -0.39 is 29.7 Å². The van der Waals surface area contributed by atoms with Crippen LogP contribution in [0.2, 0.25) is 0 Å². The predicted octanol–water partition coefficient (Wildman–Crippen LogP) is -2.49. The Morgan fingerprint density at radius 2 is 0.757 bits per heavy atom. The molecular weight excluding hydrogens is 947 g/mol. The molecule has 9 amide bonds. The zero-order valence-electron chi connectivity index (χ0n) is 39.8. The van der Waals surface area contributed by atoms with Crippen LogP contribution in [0.25, 0.3) is 0 Å². The Morgan fingerprint density at radius 1 is 0.414 bits per heavy atom. The molecule has 0 radical (unpaired) electrons. The van der Waals surface area contributed by atoms with Gasteiger partial charge in [0.2, 0.25) is 29.5 Å². The quantitative estimate of drug-likeness (QED) is 0.0159. The molecule has 0 saturated carbocycles. The minimum Gasteiger partial charge on any atom is -0.379 e. The maximum absolute atomic E-state index is 12.8. The van der Waals surface area contributed by atoms with Gasteiger partial charge < -0.3 is 68.7 Å². The van der Waals surface area contributed by atoms with Crippen molar-refractivity contribution in [2.45, 2.75) is 51.0 Å². The summed E-state index contributed by atoms with van der Waals surface area (Å²) in [6.45, 7) is 6.18. The molecule has 0 saturated heterocycles. The van der Waals surface area contributed by atoms with Gasteiger partial charge in [0.15, 0.2) is 0 Å². The topological polar surface area (TPSA) is 303 Å². The highest BCUT2D eigenvalue weighted by atomic mass is 32.1. The summed E-state index contributed by atoms with van der Waals surface area (Å²) in [7, 11) is 0. The predicted molar refractivity (Wildman–Crippen MR) is 249 cm³/mol. The molecule has 2 aliphatic heterocycles. The van der Waals surface area contributed by atoms with Gasteiger partial charge in [0.25, 0.3) is 23.6 Å². The van der Waals surface area contributed by atoms with Crippen LogP contribution in [0.15, 0.2) is 24.3 Å². The van der Waals surface area contributed by atoms with E-state index in [1.54, 1.807) is 0 Å². The van der Waals surface area contributed by atoms with Gasteiger partial charge >= 0.3 is 0 Å². The summed E-state index contributed by atoms with van der Waals surface area (Å²) in [5, 5.41) is 13.6. The number of hydrogen-bond acceptors (Lipinski definition) is 19. The molecule has 0 bridgehead atoms. The summed E-state index contributed by atoms with van der Waals surface area (Å²) in [5.74, 6) is -3.17. The second-order valence-electron chi connectivity index (χ2n) is 15.0. The average molecular weight is 1020 g/mol. The van der Waals surface area contributed by atoms with Crippen LogP contribution in [-0.2, 0) is 85.2 Å². The van der Waals surface area contributed by atoms with Crippen molar-refractivity contribution in [2.24, 2.45) is 0 Å². The SMILES string of the molecule is O=C(CCOCCOCCOCCOCCNC(=O)CCN1C(=O)C=CC1=O)NCCCC[C@H](NC(=O)CCOCCOCCOCCOCCNC(=O)CCN1C(=O)C=CC1=O)C(=O)NCCOS. The number of carbonyl (C=O) groups excluding carboxylic acids is 9. The van der Waals surface area contributed by atoms with Crippen molar-refractivity contribution in [3.63, 3.8) is 0 Å². The number of hydrogen-bond donors (Lipinski definition) is 6. The van der Waals surface area contributed by atoms with Gasteiger partial charge in [0.1, 0.15) is 6.04 Å². The fourth-order valence-electron chi connectivity index (χ4n) is 5.95. The van der Waals surface area contributed by atoms with Gasteiger partial charge in [0, 0.05) is 89.3 Å². The van der Waals surface area contributed by atoms with Crippen LogP contribution in [-0.4, -0.2) is 221 Å². The third kappa shape index (κ3) is 31.4. The van der Waals surface area contributed by atoms with E-state index in [-0.39, 0.29) is 134 Å². The molecule has 26 heteroatoms. The number of imide groups is 2. The first-order chi connectivity index (χ1) is 34.0. The normalized spacial score (nSPS) is 13.6. The van der Waals surface area contributed by atoms with E-state index in [2.05, 4.69) is 39.5 Å². The van der Waals surface area contributed by atoms with E-state index in [4.69, 9.17) is 42.1 Å². The van der Waals surface area contributed by atoms with Gasteiger partial charge in [-0.15, -0.1) is 0 Å². The Kier molecular flexibility index (Phi) is 35.7. The van der Waals surface area contributed by atoms with E-state index in [0.29, 0.717) is 91.9 Å². The Balaban J connectivity index is 1.37. The summed E-state index contributed by atoms with van der Waals surface area (Å²) >= 11 is 3.68. The second-order valence-corrected chi connectivity index (χ2v) is 15.3. The molecule has 0 aromatic carbocycles. The fourth-order valence-corrected chi connectivity index (χ4v) is 6.04. The van der Waals surface area contributed by atoms with Crippen LogP contribution in [0.5, 0.6) is 0 Å². The molecule has 70 heavy (non-hydrogen) atoms. The van der Waals surface area contributed by atoms with Gasteiger partial charge in [-0.05, 0) is 32.2 Å². The van der Waals surface area contributed by atoms with E-state index in [1.165, 1.54) is 24.3 Å². The molecule has 0 aromatic heterocycles. The second kappa shape index (κ2) is 40.8. The summed E-state index contributed by atoms with van der Waals surface area (Å²) in [6, 6.07) is -0.789. The number of unbranched alkanes of at least 4 members (excludes halogenated alkanes) is 1. The third-order valence-electron chi connectivity index (χ3n) is 9.63. The van der Waals surface area contributed by atoms with Crippen LogP contribution < -0.4 is 26.6 Å². The zero-order valence-corrected chi connectivity index (χ0v) is 40.7. The zero-order chi connectivity index (χ0) is 50.9. The van der Waals surface area contributed by atoms with Gasteiger partial charge in [0.05, 0.1) is 112 Å². The lowest BCUT2D eigenvalue weighted by atomic mass is 10.1. The molecule has 0 aromatic rings. The highest BCUT2D eigenvalue weighted by Gasteiger charge is 2.25. The van der Waals surface area contributed by atoms with Gasteiger partial charge in [-0.25, -0.2) is 0 Å². The lowest BCUT2D eigenvalue weighted by Crippen LogP contribution is -2.47. The van der Waals surface area contributed by atoms with E-state index in [9.17, 15) is 43.2 Å². The Bertz CT molecular complexity index is 1620. The average Bonchev–Trinajstić information content (AvgIpc) is 3.85. The number of ether oxygens (including phenoxy) is 8. The molecule has 2 heterocycles. The molecule has 2 aliphatic rings. The summed E-state index contributed by atoms with van der Waals surface area (Å²) in [4.78, 5) is 109. The third-order valence-corrected chi connectivity index (χ3v) is 9.81. The molecule has 0 aliphatic carbocycles. The van der Waals surface area contributed by atoms with Crippen LogP contribution in [0.4, 0.5) is 0 Å². The lowest BCUT2D eigenvalue weighted by Gasteiger charge is -2.18. The Hall–Kier alpha value is -4.90. The largest absolute Gasteiger partial charge is 0.379 e. The molecule has 0 spiro atoms. The van der Waals surface area contributed by atoms with Crippen molar-refractivity contribution in [1.29, 1.82) is 0 Å². The minimum absolute atomic E-state index is 0.0128. The number of carbonyl (C=O) groups is 9. The summed E-state index contributed by atoms with van der Waals surface area (Å²) < 4.78 is 48.3. The molecule has 5 N–H and O–H groups in total. The smallest absolute Gasteiger partial charge is 0.253 e. The first-order valence-corrected chi connectivity index (χ1v) is 23.7. The molecule has 396 valence electrons. The van der Waals surface area contributed by atoms with Crippen LogP contribution in [0.3, 0.4) is 0 Å². The monoisotopic (exact) mass is 1020 g/mol. The summed E-state index contributed by atoms with van der Waals surface area (Å²) in [6.07, 6.45) is 6.41. The number of nitrogens with zero attached hydrogens (tertiary/aromatic N) is 2. The minimum atomic E-state index is -0.789. The van der Waals surface area contributed by atoms with Crippen molar-refractivity contribution in [2.75, 3.05) is 152 Å². The summed E-state index contributed by atoms with van der Waals surface area (Å²) in [5.41, 5.74) is 0. The standard InChI is InChI=1S/C44H71N7O18S/c52-36(8-16-50-40(56)4-5-41(50)57)46-13-20-63-25-29-67-33-31-65-27-23-61-18-10-38(54)45-12-2-1-3-35(44(60)48-15-22-69-70)49-39(55)11-19-62-24-28-66-32-34-68-30-26-64-21-14-47-37(53)9-17-51-42(58)6-7-43(51)59/h4-7,35,70H,1-3,8-34H2,(H,45,54)(H,46,52)(H,47,53)(H,48,60)(H,49,55)/t35-/m0/s1. The van der Waals surface area contributed by atoms with Gasteiger partial charge in [-0.1, -0.05) is 0 Å². The van der Waals surface area contributed by atoms with Crippen LogP contribution >= 0.6 is 12.9 Å². The number of rotatable bonds is 46. The first-order valence-electron chi connectivity index (χ1n) is 23.3. The van der Waals surface area contributed by atoms with Crippen molar-refractivity contribution in [3.05, 3.63) is 24.3 Å². The highest BCUT2D eigenvalue weighted by molar-refractivity contribution is 7.75. The van der Waals surface area contributed by atoms with Gasteiger partial charge in [-0.3, -0.25) is 53.0 Å². The van der Waals surface area contributed by atoms with Crippen molar-refractivity contribution in [1.82, 2.24) is 36.4 Å². The van der Waals surface area contributed by atoms with E-state index in [1.807, 2.05) is 0 Å². The Morgan fingerprint density at radius 3 is 1.17 bits per heavy atom. The van der Waals surface area contributed by atoms with Crippen molar-refractivity contribution in [3.8, 4) is 0 Å². The van der Waals surface area contributed by atoms with Gasteiger partial charge in [-0.2, -0.15) is 0 Å². The molecule has 2 rings (SSSR count). The molecule has 1 atom stereocenters.